The first kappa shape index (κ1) is 24.1. The van der Waals surface area contributed by atoms with Gasteiger partial charge >= 0.3 is 0 Å². The van der Waals surface area contributed by atoms with Crippen molar-refractivity contribution in [3.05, 3.63) is 63.7 Å². The van der Waals surface area contributed by atoms with E-state index in [0.717, 1.165) is 91.7 Å². The molecule has 3 heterocycles. The van der Waals surface area contributed by atoms with E-state index in [1.54, 1.807) is 0 Å². The highest BCUT2D eigenvalue weighted by Crippen LogP contribution is 2.38. The number of benzene rings is 1. The molecule has 0 unspecified atom stereocenters. The zero-order valence-corrected chi connectivity index (χ0v) is 21.4. The van der Waals surface area contributed by atoms with Crippen LogP contribution in [0.25, 0.3) is 11.3 Å². The first-order valence-corrected chi connectivity index (χ1v) is 13.1. The molecule has 5 rings (SSSR count). The summed E-state index contributed by atoms with van der Waals surface area (Å²) < 4.78 is 8.03. The number of nitrogens with zero attached hydrogens (tertiary/aromatic N) is 4. The largest absolute Gasteiger partial charge is 0.455 e. The maximum Gasteiger partial charge on any atom is 0.287 e. The predicted molar refractivity (Wildman–Crippen MR) is 138 cm³/mol. The molecule has 2 aliphatic rings. The molecule has 1 amide bonds. The number of furan rings is 1. The van der Waals surface area contributed by atoms with Gasteiger partial charge in [0.05, 0.1) is 12.2 Å². The van der Waals surface area contributed by atoms with Crippen LogP contribution in [0.4, 0.5) is 0 Å². The molecule has 1 N–H and O–H groups in total. The van der Waals surface area contributed by atoms with E-state index in [9.17, 15) is 4.79 Å². The van der Waals surface area contributed by atoms with Crippen LogP contribution in [0.15, 0.2) is 34.9 Å². The summed E-state index contributed by atoms with van der Waals surface area (Å²) in [6.45, 7) is 12.1. The first-order valence-electron chi connectivity index (χ1n) is 12.7. The minimum atomic E-state index is -0.132. The number of halogens is 1. The fourth-order valence-corrected chi connectivity index (χ4v) is 5.41. The Hall–Kier alpha value is -2.61. The quantitative estimate of drug-likeness (QED) is 0.478. The summed E-state index contributed by atoms with van der Waals surface area (Å²) in [6, 6.07) is 7.84. The van der Waals surface area contributed by atoms with Gasteiger partial charge in [-0.3, -0.25) is 9.48 Å². The molecule has 35 heavy (non-hydrogen) atoms. The molecular weight excluding hydrogens is 462 g/mol. The smallest absolute Gasteiger partial charge is 0.287 e. The van der Waals surface area contributed by atoms with Crippen LogP contribution in [0, 0.1) is 6.92 Å². The Labute approximate surface area is 212 Å². The van der Waals surface area contributed by atoms with E-state index >= 15 is 0 Å². The molecule has 0 saturated carbocycles. The van der Waals surface area contributed by atoms with Crippen LogP contribution < -0.4 is 5.32 Å². The highest BCUT2D eigenvalue weighted by molar-refractivity contribution is 6.30. The lowest BCUT2D eigenvalue weighted by Crippen LogP contribution is -2.46. The standard InChI is InChI=1S/C27H34ClN5O2/c1-3-31-12-14-32(15-13-31)11-5-10-29-27(34)26-19(2)24-23(35-26)9-8-21-18-33(30-25(21)24)17-20-6-4-7-22(28)16-20/h4,6-7,16,18H,3,5,8-15,17H2,1-2H3,(H,29,34). The molecular formula is C27H34ClN5O2. The normalized spacial score (nSPS) is 16.2. The second-order valence-corrected chi connectivity index (χ2v) is 10.0. The number of nitrogens with one attached hydrogen (secondary N) is 1. The monoisotopic (exact) mass is 495 g/mol. The lowest BCUT2D eigenvalue weighted by atomic mass is 9.93. The van der Waals surface area contributed by atoms with Crippen molar-refractivity contribution in [2.75, 3.05) is 45.8 Å². The molecule has 186 valence electrons. The topological polar surface area (TPSA) is 66.5 Å². The van der Waals surface area contributed by atoms with E-state index in [4.69, 9.17) is 21.1 Å². The van der Waals surface area contributed by atoms with Gasteiger partial charge in [-0.2, -0.15) is 5.10 Å². The Morgan fingerprint density at radius 1 is 1.17 bits per heavy atom. The molecule has 8 heteroatoms. The van der Waals surface area contributed by atoms with Crippen LogP contribution in [-0.4, -0.2) is 71.3 Å². The number of fused-ring (bicyclic) bond motifs is 3. The van der Waals surface area contributed by atoms with Crippen LogP contribution in [0.1, 0.15) is 46.3 Å². The summed E-state index contributed by atoms with van der Waals surface area (Å²) in [6.07, 6.45) is 4.68. The highest BCUT2D eigenvalue weighted by atomic mass is 35.5. The van der Waals surface area contributed by atoms with Gasteiger partial charge in [0.1, 0.15) is 5.76 Å². The Morgan fingerprint density at radius 3 is 2.74 bits per heavy atom. The summed E-state index contributed by atoms with van der Waals surface area (Å²) in [4.78, 5) is 17.9. The van der Waals surface area contributed by atoms with E-state index in [2.05, 4.69) is 34.3 Å². The molecule has 0 radical (unpaired) electrons. The molecule has 2 aromatic heterocycles. The fourth-order valence-electron chi connectivity index (χ4n) is 5.20. The Bertz CT molecular complexity index is 1190. The third-order valence-electron chi connectivity index (χ3n) is 7.20. The van der Waals surface area contributed by atoms with Gasteiger partial charge in [0.25, 0.3) is 5.91 Å². The van der Waals surface area contributed by atoms with E-state index in [1.165, 1.54) is 5.56 Å². The second-order valence-electron chi connectivity index (χ2n) is 9.57. The van der Waals surface area contributed by atoms with Crippen molar-refractivity contribution < 1.29 is 9.21 Å². The third-order valence-corrected chi connectivity index (χ3v) is 7.44. The van der Waals surface area contributed by atoms with E-state index in [-0.39, 0.29) is 5.91 Å². The average Bonchev–Trinajstić information content (AvgIpc) is 3.42. The molecule has 1 saturated heterocycles. The molecule has 1 aromatic carbocycles. The van der Waals surface area contributed by atoms with Gasteiger partial charge in [0.2, 0.25) is 0 Å². The van der Waals surface area contributed by atoms with Gasteiger partial charge in [-0.15, -0.1) is 0 Å². The van der Waals surface area contributed by atoms with Gasteiger partial charge in [0.15, 0.2) is 5.76 Å². The fraction of sp³-hybridized carbons (Fsp3) is 0.481. The summed E-state index contributed by atoms with van der Waals surface area (Å²) >= 11 is 6.14. The Morgan fingerprint density at radius 2 is 1.97 bits per heavy atom. The maximum atomic E-state index is 12.9. The molecule has 1 aliphatic carbocycles. The number of amides is 1. The summed E-state index contributed by atoms with van der Waals surface area (Å²) in [7, 11) is 0. The van der Waals surface area contributed by atoms with Crippen molar-refractivity contribution in [2.45, 2.75) is 39.7 Å². The molecule has 1 fully saturated rings. The number of hydrogen-bond acceptors (Lipinski definition) is 5. The number of hydrogen-bond donors (Lipinski definition) is 1. The molecule has 0 atom stereocenters. The zero-order chi connectivity index (χ0) is 24.4. The number of carbonyl (C=O) groups is 1. The maximum absolute atomic E-state index is 12.9. The van der Waals surface area contributed by atoms with Gasteiger partial charge in [0, 0.05) is 61.5 Å². The van der Waals surface area contributed by atoms with E-state index < -0.39 is 0 Å². The van der Waals surface area contributed by atoms with Crippen molar-refractivity contribution in [2.24, 2.45) is 0 Å². The van der Waals surface area contributed by atoms with Gasteiger partial charge < -0.3 is 19.5 Å². The molecule has 3 aromatic rings. The highest BCUT2D eigenvalue weighted by Gasteiger charge is 2.29. The van der Waals surface area contributed by atoms with E-state index in [0.29, 0.717) is 18.8 Å². The van der Waals surface area contributed by atoms with Gasteiger partial charge in [-0.1, -0.05) is 30.7 Å². The van der Waals surface area contributed by atoms with Crippen LogP contribution in [-0.2, 0) is 19.4 Å². The molecule has 0 spiro atoms. The van der Waals surface area contributed by atoms with Gasteiger partial charge in [-0.05, 0) is 56.1 Å². The van der Waals surface area contributed by atoms with Crippen molar-refractivity contribution in [1.82, 2.24) is 24.9 Å². The molecule has 0 bridgehead atoms. The van der Waals surface area contributed by atoms with Crippen LogP contribution in [0.2, 0.25) is 5.02 Å². The zero-order valence-electron chi connectivity index (χ0n) is 20.6. The summed E-state index contributed by atoms with van der Waals surface area (Å²) in [5.74, 6) is 1.15. The number of aromatic nitrogens is 2. The number of carbonyl (C=O) groups excluding carboxylic acids is 1. The Kier molecular flexibility index (Phi) is 7.27. The first-order chi connectivity index (χ1) is 17.0. The summed E-state index contributed by atoms with van der Waals surface area (Å²) in [5, 5.41) is 8.65. The minimum Gasteiger partial charge on any atom is -0.455 e. The number of piperazine rings is 1. The SMILES string of the molecule is CCN1CCN(CCCNC(=O)c2oc3c(c2C)-c2nn(Cc4cccc(Cl)c4)cc2CC3)CC1. The lowest BCUT2D eigenvalue weighted by molar-refractivity contribution is 0.0918. The number of rotatable bonds is 8. The molecule has 7 nitrogen and oxygen atoms in total. The van der Waals surface area contributed by atoms with Crippen LogP contribution in [0.5, 0.6) is 0 Å². The minimum absolute atomic E-state index is 0.132. The van der Waals surface area contributed by atoms with E-state index in [1.807, 2.05) is 29.8 Å². The van der Waals surface area contributed by atoms with Crippen molar-refractivity contribution in [3.8, 4) is 11.3 Å². The van der Waals surface area contributed by atoms with Crippen molar-refractivity contribution in [3.63, 3.8) is 0 Å². The summed E-state index contributed by atoms with van der Waals surface area (Å²) in [5.41, 5.74) is 5.09. The second kappa shape index (κ2) is 10.6. The number of aryl methyl sites for hydroxylation is 2. The molecule has 1 aliphatic heterocycles. The van der Waals surface area contributed by atoms with Crippen LogP contribution >= 0.6 is 11.6 Å². The number of likely N-dealkylation sites (N-methyl/N-ethyl adjacent to an activating group) is 1. The van der Waals surface area contributed by atoms with Crippen molar-refractivity contribution in [1.29, 1.82) is 0 Å². The Balaban J connectivity index is 1.21. The average molecular weight is 496 g/mol. The predicted octanol–water partition coefficient (Wildman–Crippen LogP) is 4.01. The van der Waals surface area contributed by atoms with Gasteiger partial charge in [-0.25, -0.2) is 0 Å². The van der Waals surface area contributed by atoms with Crippen molar-refractivity contribution >= 4 is 17.5 Å². The van der Waals surface area contributed by atoms with Crippen LogP contribution in [0.3, 0.4) is 0 Å². The lowest BCUT2D eigenvalue weighted by Gasteiger charge is -2.33. The third kappa shape index (κ3) is 5.32.